The van der Waals surface area contributed by atoms with E-state index in [1.807, 2.05) is 18.7 Å². The van der Waals surface area contributed by atoms with Gasteiger partial charge in [-0.05, 0) is 26.2 Å². The first-order valence-electron chi connectivity index (χ1n) is 5.12. The molecule has 0 aromatic heterocycles. The van der Waals surface area contributed by atoms with Crippen LogP contribution in [0.1, 0.15) is 39.0 Å². The Kier molecular flexibility index (Phi) is 4.89. The van der Waals surface area contributed by atoms with Crippen LogP contribution in [0.2, 0.25) is 0 Å². The van der Waals surface area contributed by atoms with Crippen molar-refractivity contribution >= 4 is 11.8 Å². The second-order valence-electron chi connectivity index (χ2n) is 4.05. The van der Waals surface area contributed by atoms with Gasteiger partial charge in [0.2, 0.25) is 0 Å². The van der Waals surface area contributed by atoms with Crippen molar-refractivity contribution in [2.45, 2.75) is 50.4 Å². The number of hydrogen-bond acceptors (Lipinski definition) is 2. The van der Waals surface area contributed by atoms with Crippen LogP contribution in [0.25, 0.3) is 0 Å². The van der Waals surface area contributed by atoms with Gasteiger partial charge in [0.1, 0.15) is 0 Å². The molecule has 13 heavy (non-hydrogen) atoms. The predicted molar refractivity (Wildman–Crippen MR) is 60.2 cm³/mol. The molecule has 1 nitrogen and oxygen atoms in total. The van der Waals surface area contributed by atoms with Crippen molar-refractivity contribution in [3.05, 3.63) is 12.2 Å². The lowest BCUT2D eigenvalue weighted by molar-refractivity contribution is 0.200. The molecule has 1 unspecified atom stereocenters. The average molecular weight is 200 g/mol. The molecule has 1 aliphatic rings. The van der Waals surface area contributed by atoms with Crippen LogP contribution in [0.3, 0.4) is 0 Å². The van der Waals surface area contributed by atoms with Crippen LogP contribution in [0, 0.1) is 0 Å². The molecule has 0 heterocycles. The minimum Gasteiger partial charge on any atom is -0.392 e. The largest absolute Gasteiger partial charge is 0.392 e. The summed E-state index contributed by atoms with van der Waals surface area (Å²) in [5, 5.41) is 10.4. The summed E-state index contributed by atoms with van der Waals surface area (Å²) in [6.07, 6.45) is 6.06. The van der Waals surface area contributed by atoms with Crippen LogP contribution in [0.15, 0.2) is 12.2 Å². The van der Waals surface area contributed by atoms with Crippen molar-refractivity contribution in [3.8, 4) is 0 Å². The molecule has 0 bridgehead atoms. The Balaban J connectivity index is 2.06. The maximum absolute atomic E-state index is 9.60. The van der Waals surface area contributed by atoms with E-state index >= 15 is 0 Å². The lowest BCUT2D eigenvalue weighted by atomic mass is 10.2. The first-order valence-corrected chi connectivity index (χ1v) is 6.17. The van der Waals surface area contributed by atoms with Gasteiger partial charge in [-0.3, -0.25) is 0 Å². The summed E-state index contributed by atoms with van der Waals surface area (Å²) in [7, 11) is 0. The van der Waals surface area contributed by atoms with E-state index in [-0.39, 0.29) is 6.10 Å². The van der Waals surface area contributed by atoms with Crippen molar-refractivity contribution in [1.82, 2.24) is 0 Å². The van der Waals surface area contributed by atoms with Crippen molar-refractivity contribution in [2.75, 3.05) is 5.75 Å². The minimum atomic E-state index is -0.178. The van der Waals surface area contributed by atoms with Crippen LogP contribution < -0.4 is 0 Å². The van der Waals surface area contributed by atoms with Crippen molar-refractivity contribution < 1.29 is 5.11 Å². The summed E-state index contributed by atoms with van der Waals surface area (Å²) < 4.78 is 0. The summed E-state index contributed by atoms with van der Waals surface area (Å²) in [5.74, 6) is 0.886. The molecule has 1 fully saturated rings. The van der Waals surface area contributed by atoms with Crippen LogP contribution in [-0.2, 0) is 0 Å². The van der Waals surface area contributed by atoms with E-state index in [1.165, 1.54) is 25.7 Å². The van der Waals surface area contributed by atoms with Gasteiger partial charge in [0.15, 0.2) is 0 Å². The van der Waals surface area contributed by atoms with Gasteiger partial charge in [0, 0.05) is 11.0 Å². The highest BCUT2D eigenvalue weighted by molar-refractivity contribution is 7.99. The molecule has 0 saturated heterocycles. The molecule has 1 saturated carbocycles. The lowest BCUT2D eigenvalue weighted by Gasteiger charge is -2.13. The second-order valence-corrected chi connectivity index (χ2v) is 5.39. The van der Waals surface area contributed by atoms with Crippen molar-refractivity contribution in [3.63, 3.8) is 0 Å². The van der Waals surface area contributed by atoms with Crippen molar-refractivity contribution in [2.24, 2.45) is 0 Å². The summed E-state index contributed by atoms with van der Waals surface area (Å²) in [6, 6.07) is 0. The minimum absolute atomic E-state index is 0.178. The Bertz CT molecular complexity index is 161. The predicted octanol–water partition coefficient (Wildman–Crippen LogP) is 2.99. The van der Waals surface area contributed by atoms with Gasteiger partial charge in [-0.25, -0.2) is 0 Å². The fraction of sp³-hybridized carbons (Fsp3) is 0.818. The number of thioether (sulfide) groups is 1. The molecule has 0 amide bonds. The van der Waals surface area contributed by atoms with Crippen LogP contribution in [0.5, 0.6) is 0 Å². The maximum atomic E-state index is 9.60. The molecule has 0 aromatic rings. The Hall–Kier alpha value is 0.0500. The Morgan fingerprint density at radius 3 is 2.69 bits per heavy atom. The van der Waals surface area contributed by atoms with E-state index in [9.17, 15) is 5.11 Å². The first kappa shape index (κ1) is 11.1. The molecule has 0 aliphatic heterocycles. The van der Waals surface area contributed by atoms with Gasteiger partial charge < -0.3 is 5.11 Å². The molecule has 1 atom stereocenters. The van der Waals surface area contributed by atoms with Gasteiger partial charge >= 0.3 is 0 Å². The van der Waals surface area contributed by atoms with Crippen LogP contribution in [0.4, 0.5) is 0 Å². The van der Waals surface area contributed by atoms with Crippen LogP contribution in [-0.4, -0.2) is 22.2 Å². The third kappa shape index (κ3) is 4.72. The quantitative estimate of drug-likeness (QED) is 0.688. The monoisotopic (exact) mass is 200 g/mol. The summed E-state index contributed by atoms with van der Waals surface area (Å²) >= 11 is 1.94. The fourth-order valence-corrected chi connectivity index (χ4v) is 3.04. The smallest absolute Gasteiger partial charge is 0.0667 e. The van der Waals surface area contributed by atoms with Gasteiger partial charge in [-0.15, -0.1) is 6.58 Å². The first-order chi connectivity index (χ1) is 6.18. The van der Waals surface area contributed by atoms with E-state index in [0.29, 0.717) is 0 Å². The van der Waals surface area contributed by atoms with E-state index in [1.54, 1.807) is 0 Å². The van der Waals surface area contributed by atoms with E-state index in [4.69, 9.17) is 0 Å². The van der Waals surface area contributed by atoms with E-state index in [0.717, 1.165) is 23.0 Å². The summed E-state index contributed by atoms with van der Waals surface area (Å²) in [6.45, 7) is 5.78. The summed E-state index contributed by atoms with van der Waals surface area (Å²) in [4.78, 5) is 0. The average Bonchev–Trinajstić information content (AvgIpc) is 2.51. The number of hydrogen-bond donors (Lipinski definition) is 1. The zero-order chi connectivity index (χ0) is 9.68. The normalized spacial score (nSPS) is 20.5. The highest BCUT2D eigenvalue weighted by Gasteiger charge is 2.16. The summed E-state index contributed by atoms with van der Waals surface area (Å²) in [5.41, 5.74) is 1.08. The molecule has 0 aromatic carbocycles. The van der Waals surface area contributed by atoms with Gasteiger partial charge in [-0.2, -0.15) is 11.8 Å². The zero-order valence-corrected chi connectivity index (χ0v) is 9.28. The Morgan fingerprint density at radius 1 is 1.54 bits per heavy atom. The molecule has 0 spiro atoms. The van der Waals surface area contributed by atoms with Crippen molar-refractivity contribution in [1.29, 1.82) is 0 Å². The van der Waals surface area contributed by atoms with Crippen LogP contribution >= 0.6 is 11.8 Å². The molecule has 76 valence electrons. The molecular weight excluding hydrogens is 180 g/mol. The van der Waals surface area contributed by atoms with E-state index < -0.39 is 0 Å². The SMILES string of the molecule is C=C(C)CC(O)CSC1CCCC1. The third-order valence-electron chi connectivity index (χ3n) is 2.41. The molecule has 2 heteroatoms. The molecule has 1 N–H and O–H groups in total. The highest BCUT2D eigenvalue weighted by atomic mass is 32.2. The number of aliphatic hydroxyl groups excluding tert-OH is 1. The Morgan fingerprint density at radius 2 is 2.15 bits per heavy atom. The third-order valence-corrected chi connectivity index (χ3v) is 3.93. The molecular formula is C11H20OS. The highest BCUT2D eigenvalue weighted by Crippen LogP contribution is 2.30. The topological polar surface area (TPSA) is 20.2 Å². The van der Waals surface area contributed by atoms with Gasteiger partial charge in [0.05, 0.1) is 6.10 Å². The van der Waals surface area contributed by atoms with Gasteiger partial charge in [-0.1, -0.05) is 18.4 Å². The fourth-order valence-electron chi connectivity index (χ4n) is 1.76. The second kappa shape index (κ2) is 5.71. The molecule has 0 radical (unpaired) electrons. The zero-order valence-electron chi connectivity index (χ0n) is 8.46. The lowest BCUT2D eigenvalue weighted by Crippen LogP contribution is -2.12. The molecule has 1 rings (SSSR count). The molecule has 1 aliphatic carbocycles. The standard InChI is InChI=1S/C11H20OS/c1-9(2)7-10(12)8-13-11-5-3-4-6-11/h10-12H,1,3-8H2,2H3. The number of rotatable bonds is 5. The number of aliphatic hydroxyl groups is 1. The Labute approximate surface area is 85.6 Å². The maximum Gasteiger partial charge on any atom is 0.0667 e. The van der Waals surface area contributed by atoms with Gasteiger partial charge in [0.25, 0.3) is 0 Å². The van der Waals surface area contributed by atoms with E-state index in [2.05, 4.69) is 6.58 Å².